The predicted octanol–water partition coefficient (Wildman–Crippen LogP) is -0.543. The summed E-state index contributed by atoms with van der Waals surface area (Å²) in [6.45, 7) is 0. The van der Waals surface area contributed by atoms with Gasteiger partial charge < -0.3 is 0 Å². The van der Waals surface area contributed by atoms with Crippen LogP contribution < -0.4 is 0 Å². The summed E-state index contributed by atoms with van der Waals surface area (Å²) in [7, 11) is -2.76. The molecule has 3 nitrogen and oxygen atoms in total. The molecule has 0 rings (SSSR count). The van der Waals surface area contributed by atoms with Crippen LogP contribution in [0.1, 0.15) is 6.42 Å². The second-order valence-corrected chi connectivity index (χ2v) is 2.98. The van der Waals surface area contributed by atoms with Gasteiger partial charge in [0, 0.05) is 0 Å². The first-order valence-electron chi connectivity index (χ1n) is 2.27. The van der Waals surface area contributed by atoms with Crippen molar-refractivity contribution in [3.8, 4) is 0 Å². The molecule has 1 unspecified atom stereocenters. The third-order valence-corrected chi connectivity index (χ3v) is 1.80. The van der Waals surface area contributed by atoms with Gasteiger partial charge in [0.1, 0.15) is 5.44 Å². The monoisotopic (exact) mass is 212 g/mol. The van der Waals surface area contributed by atoms with Crippen molar-refractivity contribution in [3.05, 3.63) is 0 Å². The van der Waals surface area contributed by atoms with Crippen LogP contribution in [-0.2, 0) is 15.2 Å². The summed E-state index contributed by atoms with van der Waals surface area (Å²) in [5.41, 5.74) is -0.538. The Morgan fingerprint density at radius 2 is 2.00 bits per heavy atom. The first kappa shape index (κ1) is 14.2. The molecule has 0 aromatic carbocycles. The molecule has 0 spiro atoms. The van der Waals surface area contributed by atoms with E-state index in [1.165, 1.54) is 0 Å². The van der Waals surface area contributed by atoms with Crippen LogP contribution in [0.4, 0.5) is 0 Å². The van der Waals surface area contributed by atoms with Gasteiger partial charge in [-0.15, -0.1) is 12.6 Å². The Morgan fingerprint density at radius 1 is 1.50 bits per heavy atom. The zero-order valence-electron chi connectivity index (χ0n) is 4.56. The molecule has 0 aliphatic rings. The van der Waals surface area contributed by atoms with Gasteiger partial charge >= 0.3 is 29.6 Å². The fourth-order valence-corrected chi connectivity index (χ4v) is 1.36. The Morgan fingerprint density at radius 3 is 2.30 bits per heavy atom. The molecular formula is C3H9NaO3S3. The second kappa shape index (κ2) is 8.70. The molecule has 0 radical (unpaired) electrons. The molecule has 0 bridgehead atoms. The molecule has 0 amide bonds. The van der Waals surface area contributed by atoms with Crippen LogP contribution >= 0.6 is 25.3 Å². The summed E-state index contributed by atoms with van der Waals surface area (Å²) < 4.78 is 23.9. The summed E-state index contributed by atoms with van der Waals surface area (Å²) in [5, 5.41) is 0. The fraction of sp³-hybridized carbons (Fsp3) is 1.00. The van der Waals surface area contributed by atoms with Crippen molar-refractivity contribution >= 4 is 65.8 Å². The normalized spacial score (nSPS) is 12.7. The van der Waals surface area contributed by atoms with E-state index in [9.17, 15) is 8.42 Å². The minimum absolute atomic E-state index is 0. The van der Waals surface area contributed by atoms with Crippen LogP contribution in [0, 0.1) is 0 Å². The van der Waals surface area contributed by atoms with Crippen molar-refractivity contribution in [2.75, 3.05) is 5.75 Å². The van der Waals surface area contributed by atoms with E-state index in [4.69, 9.17) is 0 Å². The van der Waals surface area contributed by atoms with Crippen LogP contribution in [0.3, 0.4) is 0 Å². The van der Waals surface area contributed by atoms with Gasteiger partial charge in [-0.3, -0.25) is 4.18 Å². The summed E-state index contributed by atoms with van der Waals surface area (Å²) in [6, 6.07) is 0. The maximum absolute atomic E-state index is 9.83. The van der Waals surface area contributed by atoms with Crippen molar-refractivity contribution in [3.63, 3.8) is 0 Å². The number of hydrogen-bond donors (Lipinski definition) is 3. The third-order valence-electron chi connectivity index (χ3n) is 0.584. The average Bonchev–Trinajstić information content (AvgIpc) is 1.63. The third kappa shape index (κ3) is 9.61. The topological polar surface area (TPSA) is 43.4 Å². The molecule has 0 aliphatic heterocycles. The summed E-state index contributed by atoms with van der Waals surface area (Å²) >= 11 is 7.65. The Bertz CT molecular complexity index is 129. The molecule has 7 heteroatoms. The van der Waals surface area contributed by atoms with Crippen molar-refractivity contribution in [2.24, 2.45) is 0 Å². The standard InChI is InChI=1S/C3H8O3S3.Na.H/c4-9(5)6-3(8)1-2-7;;/h3,7-9H,1-2H2;;. The van der Waals surface area contributed by atoms with Crippen molar-refractivity contribution < 1.29 is 12.6 Å². The maximum atomic E-state index is 9.83. The molecule has 0 heterocycles. The van der Waals surface area contributed by atoms with E-state index in [1.807, 2.05) is 0 Å². The van der Waals surface area contributed by atoms with Gasteiger partial charge in [-0.1, -0.05) is 0 Å². The first-order valence-corrected chi connectivity index (χ1v) is 4.51. The molecule has 0 saturated carbocycles. The van der Waals surface area contributed by atoms with Gasteiger partial charge in [0.05, 0.1) is 0 Å². The van der Waals surface area contributed by atoms with Crippen LogP contribution in [0.15, 0.2) is 0 Å². The van der Waals surface area contributed by atoms with Gasteiger partial charge in [-0.05, 0) is 12.2 Å². The summed E-state index contributed by atoms with van der Waals surface area (Å²) in [4.78, 5) is 0. The Balaban J connectivity index is 0. The zero-order chi connectivity index (χ0) is 7.28. The molecule has 0 aliphatic carbocycles. The molecule has 0 aromatic rings. The van der Waals surface area contributed by atoms with E-state index >= 15 is 0 Å². The Hall–Kier alpha value is 1.61. The summed E-state index contributed by atoms with van der Waals surface area (Å²) in [5.74, 6) is 0.567. The van der Waals surface area contributed by atoms with Crippen LogP contribution in [0.2, 0.25) is 0 Å². The average molecular weight is 212 g/mol. The van der Waals surface area contributed by atoms with E-state index in [0.29, 0.717) is 12.2 Å². The predicted molar refractivity (Wildman–Crippen MR) is 49.8 cm³/mol. The quantitative estimate of drug-likeness (QED) is 0.333. The van der Waals surface area contributed by atoms with Crippen molar-refractivity contribution in [2.45, 2.75) is 11.9 Å². The van der Waals surface area contributed by atoms with E-state index in [-0.39, 0.29) is 29.6 Å². The molecule has 0 fully saturated rings. The molecule has 0 N–H and O–H groups in total. The molecule has 0 aromatic heterocycles. The molecule has 1 atom stereocenters. The van der Waals surface area contributed by atoms with E-state index < -0.39 is 16.4 Å². The van der Waals surface area contributed by atoms with Crippen LogP contribution in [-0.4, -0.2) is 49.2 Å². The van der Waals surface area contributed by atoms with Gasteiger partial charge in [0.25, 0.3) is 11.0 Å². The number of hydrogen-bond acceptors (Lipinski definition) is 5. The SMILES string of the molecule is O=[SH](=O)OC(S)CCS.[NaH]. The van der Waals surface area contributed by atoms with Crippen molar-refractivity contribution in [1.82, 2.24) is 0 Å². The Kier molecular flexibility index (Phi) is 12.3. The second-order valence-electron chi connectivity index (χ2n) is 1.30. The minimum atomic E-state index is -2.76. The fourth-order valence-electron chi connectivity index (χ4n) is 0.262. The number of rotatable bonds is 4. The van der Waals surface area contributed by atoms with Gasteiger partial charge in [-0.2, -0.15) is 12.6 Å². The molecule has 0 saturated heterocycles. The van der Waals surface area contributed by atoms with Crippen molar-refractivity contribution in [1.29, 1.82) is 0 Å². The number of thiol groups is 3. The van der Waals surface area contributed by atoms with Gasteiger partial charge in [0.2, 0.25) is 0 Å². The van der Waals surface area contributed by atoms with Gasteiger partial charge in [0.15, 0.2) is 0 Å². The molecule has 10 heavy (non-hydrogen) atoms. The van der Waals surface area contributed by atoms with Gasteiger partial charge in [-0.25, -0.2) is 8.42 Å². The zero-order valence-corrected chi connectivity index (χ0v) is 7.24. The van der Waals surface area contributed by atoms with E-state index in [2.05, 4.69) is 29.4 Å². The molecular weight excluding hydrogens is 203 g/mol. The molecule has 58 valence electrons. The summed E-state index contributed by atoms with van der Waals surface area (Å²) in [6.07, 6.45) is 0.523. The van der Waals surface area contributed by atoms with Crippen LogP contribution in [0.25, 0.3) is 0 Å². The van der Waals surface area contributed by atoms with Crippen LogP contribution in [0.5, 0.6) is 0 Å². The van der Waals surface area contributed by atoms with E-state index in [0.717, 1.165) is 0 Å². The van der Waals surface area contributed by atoms with E-state index in [1.54, 1.807) is 0 Å². The Labute approximate surface area is 95.2 Å². The first-order chi connectivity index (χ1) is 4.16.